The summed E-state index contributed by atoms with van der Waals surface area (Å²) in [5, 5.41) is 1.06. The second kappa shape index (κ2) is 6.80. The summed E-state index contributed by atoms with van der Waals surface area (Å²) in [5.41, 5.74) is 1.14. The summed E-state index contributed by atoms with van der Waals surface area (Å²) in [4.78, 5) is 55.4. The number of rotatable bonds is 3. The number of aromatic nitrogens is 1. The fraction of sp³-hybridized carbons (Fsp3) is 0.455. The van der Waals surface area contributed by atoms with E-state index in [0.717, 1.165) is 26.8 Å². The lowest BCUT2D eigenvalue weighted by molar-refractivity contribution is -0.151. The summed E-state index contributed by atoms with van der Waals surface area (Å²) in [6.07, 6.45) is 0.837. The van der Waals surface area contributed by atoms with E-state index in [0.29, 0.717) is 0 Å². The maximum atomic E-state index is 13.2. The van der Waals surface area contributed by atoms with Crippen LogP contribution in [0.15, 0.2) is 40.2 Å². The number of nitrogens with one attached hydrogen (secondary N) is 1. The Bertz CT molecular complexity index is 1160. The number of benzene rings is 1. The fourth-order valence-electron chi connectivity index (χ4n) is 6.46. The minimum Gasteiger partial charge on any atom is -0.468 e. The van der Waals surface area contributed by atoms with Crippen molar-refractivity contribution < 1.29 is 19.1 Å². The summed E-state index contributed by atoms with van der Waals surface area (Å²) in [5.74, 6) is -1.50. The van der Waals surface area contributed by atoms with E-state index in [1.54, 1.807) is 11.8 Å². The van der Waals surface area contributed by atoms with Gasteiger partial charge in [-0.25, -0.2) is 0 Å². The van der Waals surface area contributed by atoms with Crippen LogP contribution in [0.2, 0.25) is 0 Å². The third-order valence-electron chi connectivity index (χ3n) is 7.49. The molecular weight excluding hydrogens is 436 g/mol. The lowest BCUT2D eigenvalue weighted by atomic mass is 9.68. The lowest BCUT2D eigenvalue weighted by Crippen LogP contribution is -2.42. The van der Waals surface area contributed by atoms with Crippen LogP contribution < -0.4 is 4.87 Å². The largest absolute Gasteiger partial charge is 0.468 e. The number of carbonyl (C=O) groups excluding carboxylic acids is 3. The van der Waals surface area contributed by atoms with Crippen molar-refractivity contribution in [2.24, 2.45) is 29.6 Å². The molecule has 1 aromatic carbocycles. The molecule has 2 aliphatic carbocycles. The highest BCUT2D eigenvalue weighted by Gasteiger charge is 2.69. The SMILES string of the molecule is COC(=O)CN1C(=O)C2C3CC(C2C1=O)C1C(c2ccccc2)c2sc(=O)[nH]c2SC31. The minimum atomic E-state index is -0.581. The number of thioether (sulfide) groups is 1. The number of thiazole rings is 1. The molecule has 7 nitrogen and oxygen atoms in total. The van der Waals surface area contributed by atoms with Gasteiger partial charge in [0.1, 0.15) is 6.54 Å². The van der Waals surface area contributed by atoms with Crippen molar-refractivity contribution >= 4 is 40.9 Å². The van der Waals surface area contributed by atoms with Gasteiger partial charge in [-0.2, -0.15) is 0 Å². The van der Waals surface area contributed by atoms with Gasteiger partial charge in [0.2, 0.25) is 11.8 Å². The number of hydrogen-bond acceptors (Lipinski definition) is 7. The van der Waals surface area contributed by atoms with Crippen molar-refractivity contribution in [3.8, 4) is 0 Å². The van der Waals surface area contributed by atoms with E-state index in [2.05, 4.69) is 17.1 Å². The van der Waals surface area contributed by atoms with Crippen molar-refractivity contribution in [1.82, 2.24) is 9.88 Å². The number of H-pyrrole nitrogens is 1. The zero-order valence-electron chi connectivity index (χ0n) is 16.6. The van der Waals surface area contributed by atoms with Gasteiger partial charge in [0.25, 0.3) is 0 Å². The van der Waals surface area contributed by atoms with Crippen LogP contribution >= 0.6 is 23.1 Å². The first-order valence-corrected chi connectivity index (χ1v) is 12.1. The molecule has 9 heteroatoms. The Morgan fingerprint density at radius 2 is 1.84 bits per heavy atom. The van der Waals surface area contributed by atoms with Gasteiger partial charge in [-0.3, -0.25) is 24.1 Å². The molecule has 0 radical (unpaired) electrons. The van der Waals surface area contributed by atoms with E-state index < -0.39 is 5.97 Å². The number of hydrogen-bond donors (Lipinski definition) is 1. The van der Waals surface area contributed by atoms with Gasteiger partial charge >= 0.3 is 10.8 Å². The first-order valence-electron chi connectivity index (χ1n) is 10.4. The number of imide groups is 1. The maximum absolute atomic E-state index is 13.2. The van der Waals surface area contributed by atoms with Crippen LogP contribution in [0, 0.1) is 29.6 Å². The molecule has 7 atom stereocenters. The average Bonchev–Trinajstić information content (AvgIpc) is 3.49. The van der Waals surface area contributed by atoms with Crippen LogP contribution in [0.3, 0.4) is 0 Å². The Morgan fingerprint density at radius 1 is 1.13 bits per heavy atom. The molecule has 6 rings (SSSR count). The number of esters is 1. The van der Waals surface area contributed by atoms with Crippen molar-refractivity contribution in [2.45, 2.75) is 22.6 Å². The van der Waals surface area contributed by atoms with E-state index in [-0.39, 0.29) is 64.0 Å². The number of fused-ring (bicyclic) bond motifs is 9. The van der Waals surface area contributed by atoms with Crippen LogP contribution in [-0.2, 0) is 19.1 Å². The Hall–Kier alpha value is -2.39. The first-order chi connectivity index (χ1) is 15.0. The standard InChI is InChI=1S/C22H20N2O5S2/c1-29-12(25)8-24-20(26)15-10-7-11(16(15)21(24)27)17-14(10)13(9-5-3-2-4-6-9)18-19(30-17)23-22(28)31-18/h2-6,10-11,13-17H,7-8H2,1H3,(H,23,28). The number of carbonyl (C=O) groups is 3. The van der Waals surface area contributed by atoms with Gasteiger partial charge in [-0.1, -0.05) is 41.7 Å². The molecule has 1 aromatic heterocycles. The molecule has 2 aromatic rings. The maximum Gasteiger partial charge on any atom is 0.325 e. The van der Waals surface area contributed by atoms with Crippen molar-refractivity contribution in [3.63, 3.8) is 0 Å². The molecule has 2 bridgehead atoms. The van der Waals surface area contributed by atoms with E-state index >= 15 is 0 Å². The highest BCUT2D eigenvalue weighted by molar-refractivity contribution is 8.00. The monoisotopic (exact) mass is 456 g/mol. The van der Waals surface area contributed by atoms with Crippen LogP contribution in [0.1, 0.15) is 22.8 Å². The van der Waals surface area contributed by atoms with Gasteiger partial charge in [-0.15, -0.1) is 11.8 Å². The van der Waals surface area contributed by atoms with Gasteiger partial charge < -0.3 is 9.72 Å². The Balaban J connectivity index is 1.43. The van der Waals surface area contributed by atoms with Gasteiger partial charge in [0.05, 0.1) is 24.0 Å². The molecule has 4 aliphatic rings. The van der Waals surface area contributed by atoms with Crippen molar-refractivity contribution in [2.75, 3.05) is 13.7 Å². The summed E-state index contributed by atoms with van der Waals surface area (Å²) in [6.45, 7) is -0.314. The summed E-state index contributed by atoms with van der Waals surface area (Å²) in [6, 6.07) is 10.1. The number of nitrogens with zero attached hydrogens (tertiary/aromatic N) is 1. The first kappa shape index (κ1) is 19.3. The second-order valence-electron chi connectivity index (χ2n) is 8.71. The summed E-state index contributed by atoms with van der Waals surface area (Å²) >= 11 is 2.92. The molecule has 2 saturated carbocycles. The summed E-state index contributed by atoms with van der Waals surface area (Å²) in [7, 11) is 1.26. The van der Waals surface area contributed by atoms with Gasteiger partial charge in [-0.05, 0) is 29.7 Å². The normalized spacial score (nSPS) is 35.1. The predicted octanol–water partition coefficient (Wildman–Crippen LogP) is 2.08. The third kappa shape index (κ3) is 2.59. The van der Waals surface area contributed by atoms with E-state index in [4.69, 9.17) is 4.74 Å². The Morgan fingerprint density at radius 3 is 2.55 bits per heavy atom. The van der Waals surface area contributed by atoms with E-state index in [9.17, 15) is 19.2 Å². The zero-order chi connectivity index (χ0) is 21.4. The molecular formula is C22H20N2O5S2. The third-order valence-corrected chi connectivity index (χ3v) is 10.1. The van der Waals surface area contributed by atoms with Crippen LogP contribution in [0.25, 0.3) is 0 Å². The summed E-state index contributed by atoms with van der Waals surface area (Å²) < 4.78 is 4.69. The predicted molar refractivity (Wildman–Crippen MR) is 114 cm³/mol. The Kier molecular flexibility index (Phi) is 4.24. The molecule has 31 heavy (non-hydrogen) atoms. The highest BCUT2D eigenvalue weighted by Crippen LogP contribution is 2.68. The number of methoxy groups -OCH3 is 1. The molecule has 3 fully saturated rings. The Labute approximate surface area is 186 Å². The van der Waals surface area contributed by atoms with E-state index in [1.807, 2.05) is 18.2 Å². The van der Waals surface area contributed by atoms with E-state index in [1.165, 1.54) is 18.4 Å². The molecule has 160 valence electrons. The average molecular weight is 457 g/mol. The molecule has 1 N–H and O–H groups in total. The molecule has 2 aliphatic heterocycles. The van der Waals surface area contributed by atoms with Crippen molar-refractivity contribution in [3.05, 3.63) is 50.4 Å². The lowest BCUT2D eigenvalue weighted by Gasteiger charge is -2.43. The molecule has 0 spiro atoms. The van der Waals surface area contributed by atoms with Gasteiger partial charge in [0.15, 0.2) is 0 Å². The van der Waals surface area contributed by atoms with Crippen LogP contribution in [0.5, 0.6) is 0 Å². The molecule has 7 unspecified atom stereocenters. The smallest absolute Gasteiger partial charge is 0.325 e. The van der Waals surface area contributed by atoms with Crippen LogP contribution in [0.4, 0.5) is 0 Å². The zero-order valence-corrected chi connectivity index (χ0v) is 18.3. The second-order valence-corrected chi connectivity index (χ2v) is 10.9. The number of amides is 2. The quantitative estimate of drug-likeness (QED) is 0.561. The highest BCUT2D eigenvalue weighted by atomic mass is 32.2. The van der Waals surface area contributed by atoms with Crippen LogP contribution in [-0.4, -0.2) is 46.6 Å². The molecule has 1 saturated heterocycles. The molecule has 2 amide bonds. The van der Waals surface area contributed by atoms with Gasteiger partial charge in [0, 0.05) is 16.0 Å². The number of likely N-dealkylation sites (tertiary alicyclic amines) is 1. The number of ether oxygens (including phenoxy) is 1. The minimum absolute atomic E-state index is 0.0277. The number of aromatic amines is 1. The van der Waals surface area contributed by atoms with Crippen molar-refractivity contribution in [1.29, 1.82) is 0 Å². The topological polar surface area (TPSA) is 96.5 Å². The molecule has 3 heterocycles. The fourth-order valence-corrected chi connectivity index (χ4v) is 9.35.